The van der Waals surface area contributed by atoms with Gasteiger partial charge >= 0.3 is 0 Å². The number of amides is 1. The Labute approximate surface area is 83.5 Å². The second-order valence-corrected chi connectivity index (χ2v) is 3.27. The van der Waals surface area contributed by atoms with E-state index in [1.54, 1.807) is 24.0 Å². The van der Waals surface area contributed by atoms with Crippen LogP contribution in [0.4, 0.5) is 0 Å². The Kier molecular flexibility index (Phi) is 3.64. The van der Waals surface area contributed by atoms with E-state index in [-0.39, 0.29) is 11.9 Å². The van der Waals surface area contributed by atoms with E-state index in [2.05, 4.69) is 15.7 Å². The molecule has 14 heavy (non-hydrogen) atoms. The molecule has 1 heterocycles. The van der Waals surface area contributed by atoms with Crippen molar-refractivity contribution in [2.24, 2.45) is 7.05 Å². The van der Waals surface area contributed by atoms with Gasteiger partial charge in [0, 0.05) is 25.8 Å². The Balaban J connectivity index is 2.43. The summed E-state index contributed by atoms with van der Waals surface area (Å²) < 4.78 is 1.61. The molecule has 0 spiro atoms. The van der Waals surface area contributed by atoms with Crippen LogP contribution in [-0.2, 0) is 7.05 Å². The maximum atomic E-state index is 11.5. The Hall–Kier alpha value is -1.36. The Bertz CT molecular complexity index is 308. The van der Waals surface area contributed by atoms with Gasteiger partial charge in [0.25, 0.3) is 5.91 Å². The van der Waals surface area contributed by atoms with Gasteiger partial charge in [0.05, 0.1) is 0 Å². The largest absolute Gasteiger partial charge is 0.349 e. The summed E-state index contributed by atoms with van der Waals surface area (Å²) >= 11 is 0. The summed E-state index contributed by atoms with van der Waals surface area (Å²) in [7, 11) is 3.64. The van der Waals surface area contributed by atoms with Crippen LogP contribution in [0.15, 0.2) is 12.3 Å². The maximum Gasteiger partial charge on any atom is 0.271 e. The first kappa shape index (κ1) is 10.7. The Morgan fingerprint density at radius 1 is 1.71 bits per heavy atom. The van der Waals surface area contributed by atoms with Crippen LogP contribution in [0.2, 0.25) is 0 Å². The van der Waals surface area contributed by atoms with E-state index in [0.717, 1.165) is 0 Å². The molecule has 0 aromatic carbocycles. The van der Waals surface area contributed by atoms with Crippen molar-refractivity contribution in [2.45, 2.75) is 13.0 Å². The first-order chi connectivity index (χ1) is 6.63. The van der Waals surface area contributed by atoms with E-state index in [4.69, 9.17) is 0 Å². The van der Waals surface area contributed by atoms with Gasteiger partial charge in [-0.05, 0) is 20.0 Å². The zero-order valence-corrected chi connectivity index (χ0v) is 8.74. The van der Waals surface area contributed by atoms with Gasteiger partial charge in [0.1, 0.15) is 5.69 Å². The van der Waals surface area contributed by atoms with Gasteiger partial charge in [-0.1, -0.05) is 0 Å². The third-order valence-corrected chi connectivity index (χ3v) is 2.01. The van der Waals surface area contributed by atoms with Crippen molar-refractivity contribution >= 4 is 5.91 Å². The zero-order chi connectivity index (χ0) is 10.6. The van der Waals surface area contributed by atoms with Crippen molar-refractivity contribution in [3.8, 4) is 0 Å². The van der Waals surface area contributed by atoms with Crippen LogP contribution in [0.1, 0.15) is 17.4 Å². The molecule has 0 saturated carbocycles. The fourth-order valence-corrected chi connectivity index (χ4v) is 0.975. The van der Waals surface area contributed by atoms with Crippen LogP contribution in [0.25, 0.3) is 0 Å². The lowest BCUT2D eigenvalue weighted by molar-refractivity contribution is 0.0945. The number of likely N-dealkylation sites (N-methyl/N-ethyl adjacent to an activating group) is 1. The molecule has 1 atom stereocenters. The van der Waals surface area contributed by atoms with E-state index < -0.39 is 0 Å². The van der Waals surface area contributed by atoms with Crippen molar-refractivity contribution in [1.29, 1.82) is 0 Å². The summed E-state index contributed by atoms with van der Waals surface area (Å²) in [6.45, 7) is 2.60. The molecule has 0 saturated heterocycles. The van der Waals surface area contributed by atoms with E-state index >= 15 is 0 Å². The number of hydrogen-bond donors (Lipinski definition) is 2. The lowest BCUT2D eigenvalue weighted by atomic mass is 10.3. The van der Waals surface area contributed by atoms with Crippen LogP contribution < -0.4 is 10.6 Å². The number of hydrogen-bond acceptors (Lipinski definition) is 3. The van der Waals surface area contributed by atoms with E-state index in [1.165, 1.54) is 0 Å². The lowest BCUT2D eigenvalue weighted by Gasteiger charge is -2.09. The molecule has 0 bridgehead atoms. The van der Waals surface area contributed by atoms with Crippen molar-refractivity contribution in [2.75, 3.05) is 13.6 Å². The number of aromatic nitrogens is 2. The summed E-state index contributed by atoms with van der Waals surface area (Å²) in [5.41, 5.74) is 0.454. The number of nitrogens with one attached hydrogen (secondary N) is 2. The van der Waals surface area contributed by atoms with Crippen molar-refractivity contribution in [3.63, 3.8) is 0 Å². The average Bonchev–Trinajstić information content (AvgIpc) is 2.60. The van der Waals surface area contributed by atoms with Gasteiger partial charge in [-0.3, -0.25) is 9.48 Å². The molecular formula is C9H16N4O. The fraction of sp³-hybridized carbons (Fsp3) is 0.556. The molecule has 2 N–H and O–H groups in total. The standard InChI is InChI=1S/C9H16N4O/c1-7(10-2)6-11-9(14)8-4-5-13(3)12-8/h4-5,7,10H,6H2,1-3H3,(H,11,14). The zero-order valence-electron chi connectivity index (χ0n) is 8.74. The summed E-state index contributed by atoms with van der Waals surface area (Å²) in [5.74, 6) is -0.132. The molecule has 0 radical (unpaired) electrons. The van der Waals surface area contributed by atoms with E-state index in [0.29, 0.717) is 12.2 Å². The highest BCUT2D eigenvalue weighted by atomic mass is 16.1. The molecule has 0 fully saturated rings. The first-order valence-electron chi connectivity index (χ1n) is 4.58. The van der Waals surface area contributed by atoms with E-state index in [1.807, 2.05) is 14.0 Å². The lowest BCUT2D eigenvalue weighted by Crippen LogP contribution is -2.37. The first-order valence-corrected chi connectivity index (χ1v) is 4.58. The van der Waals surface area contributed by atoms with Crippen LogP contribution in [0.5, 0.6) is 0 Å². The minimum absolute atomic E-state index is 0.132. The second kappa shape index (κ2) is 4.76. The quantitative estimate of drug-likeness (QED) is 0.698. The van der Waals surface area contributed by atoms with Gasteiger partial charge < -0.3 is 10.6 Å². The molecule has 0 aliphatic carbocycles. The smallest absolute Gasteiger partial charge is 0.271 e. The molecule has 1 aromatic heterocycles. The van der Waals surface area contributed by atoms with Gasteiger partial charge in [-0.2, -0.15) is 5.10 Å². The van der Waals surface area contributed by atoms with Gasteiger partial charge in [-0.15, -0.1) is 0 Å². The molecular weight excluding hydrogens is 180 g/mol. The number of carbonyl (C=O) groups excluding carboxylic acids is 1. The van der Waals surface area contributed by atoms with Gasteiger partial charge in [0.2, 0.25) is 0 Å². The highest BCUT2D eigenvalue weighted by molar-refractivity contribution is 5.92. The molecule has 5 nitrogen and oxygen atoms in total. The highest BCUT2D eigenvalue weighted by Crippen LogP contribution is 1.93. The molecule has 5 heteroatoms. The van der Waals surface area contributed by atoms with Crippen LogP contribution in [-0.4, -0.2) is 35.3 Å². The van der Waals surface area contributed by atoms with Crippen LogP contribution in [0, 0.1) is 0 Å². The summed E-state index contributed by atoms with van der Waals surface area (Å²) in [4.78, 5) is 11.5. The average molecular weight is 196 g/mol. The predicted octanol–water partition coefficient (Wildman–Crippen LogP) is -0.242. The molecule has 1 rings (SSSR count). The number of rotatable bonds is 4. The SMILES string of the molecule is CNC(C)CNC(=O)c1ccn(C)n1. The monoisotopic (exact) mass is 196 g/mol. The number of nitrogens with zero attached hydrogens (tertiary/aromatic N) is 2. The fourth-order valence-electron chi connectivity index (χ4n) is 0.975. The van der Waals surface area contributed by atoms with Crippen LogP contribution >= 0.6 is 0 Å². The van der Waals surface area contributed by atoms with E-state index in [9.17, 15) is 4.79 Å². The number of aryl methyl sites for hydroxylation is 1. The third-order valence-electron chi connectivity index (χ3n) is 2.01. The Morgan fingerprint density at radius 3 is 2.93 bits per heavy atom. The topological polar surface area (TPSA) is 58.9 Å². The van der Waals surface area contributed by atoms with Crippen LogP contribution in [0.3, 0.4) is 0 Å². The predicted molar refractivity (Wildman–Crippen MR) is 54.1 cm³/mol. The molecule has 1 unspecified atom stereocenters. The summed E-state index contributed by atoms with van der Waals surface area (Å²) in [5, 5.41) is 9.82. The summed E-state index contributed by atoms with van der Waals surface area (Å²) in [6.07, 6.45) is 1.75. The third kappa shape index (κ3) is 2.85. The molecule has 1 amide bonds. The Morgan fingerprint density at radius 2 is 2.43 bits per heavy atom. The molecule has 78 valence electrons. The minimum Gasteiger partial charge on any atom is -0.349 e. The normalized spacial score (nSPS) is 12.5. The van der Waals surface area contributed by atoms with Crippen molar-refractivity contribution in [1.82, 2.24) is 20.4 Å². The van der Waals surface area contributed by atoms with Gasteiger partial charge in [0.15, 0.2) is 0 Å². The minimum atomic E-state index is -0.132. The molecule has 0 aliphatic heterocycles. The van der Waals surface area contributed by atoms with Gasteiger partial charge in [-0.25, -0.2) is 0 Å². The maximum absolute atomic E-state index is 11.5. The number of carbonyl (C=O) groups is 1. The van der Waals surface area contributed by atoms with Crippen molar-refractivity contribution in [3.05, 3.63) is 18.0 Å². The summed E-state index contributed by atoms with van der Waals surface area (Å²) in [6, 6.07) is 1.96. The molecule has 0 aliphatic rings. The van der Waals surface area contributed by atoms with Crippen molar-refractivity contribution < 1.29 is 4.79 Å². The molecule has 1 aromatic rings. The highest BCUT2D eigenvalue weighted by Gasteiger charge is 2.08. The second-order valence-electron chi connectivity index (χ2n) is 3.27.